The van der Waals surface area contributed by atoms with Crippen molar-refractivity contribution in [1.82, 2.24) is 10.6 Å². The number of carbonyl (C=O) groups excluding carboxylic acids is 1. The van der Waals surface area contributed by atoms with E-state index in [1.165, 1.54) is 11.1 Å². The molecule has 0 fully saturated rings. The quantitative estimate of drug-likeness (QED) is 0.545. The fraction of sp³-hybridized carbons (Fsp3) is 0.480. The molecule has 0 aromatic heterocycles. The molecule has 0 heterocycles. The lowest BCUT2D eigenvalue weighted by Crippen LogP contribution is -2.51. The Bertz CT molecular complexity index is 744. The third-order valence-electron chi connectivity index (χ3n) is 5.02. The summed E-state index contributed by atoms with van der Waals surface area (Å²) in [4.78, 5) is 12.3. The molecule has 0 aliphatic heterocycles. The number of hydrogen-bond donors (Lipinski definition) is 3. The van der Waals surface area contributed by atoms with E-state index in [-0.39, 0.29) is 24.6 Å². The van der Waals surface area contributed by atoms with Crippen molar-refractivity contribution >= 4 is 6.09 Å². The molecule has 3 atom stereocenters. The second kappa shape index (κ2) is 11.7. The Morgan fingerprint density at radius 2 is 1.63 bits per heavy atom. The summed E-state index contributed by atoms with van der Waals surface area (Å²) in [6.45, 7) is 8.41. The summed E-state index contributed by atoms with van der Waals surface area (Å²) in [5.41, 5.74) is 1.86. The van der Waals surface area contributed by atoms with Gasteiger partial charge >= 0.3 is 6.09 Å². The highest BCUT2D eigenvalue weighted by atomic mass is 16.6. The predicted octanol–water partition coefficient (Wildman–Crippen LogP) is 4.27. The Hall–Kier alpha value is -2.37. The Balaban J connectivity index is 2.09. The second-order valence-electron chi connectivity index (χ2n) is 8.76. The molecule has 0 bridgehead atoms. The van der Waals surface area contributed by atoms with Gasteiger partial charge in [0.1, 0.15) is 5.60 Å². The molecule has 2 aromatic carbocycles. The molecule has 164 valence electrons. The molecule has 1 amide bonds. The molecule has 2 aromatic rings. The smallest absolute Gasteiger partial charge is 0.407 e. The standard InChI is InChI=1S/C25H36N2O3/c1-19(27-24(29)30-25(2,3)4)23(17-20-11-7-5-8-12-20)26-18-22(15-16-28)21-13-9-6-10-14-21/h5-14,19,22-23,26,28H,15-18H2,1-4H3,(H,27,29)/t19-,22+,23+/m0/s1. The van der Waals surface area contributed by atoms with Crippen molar-refractivity contribution in [3.8, 4) is 0 Å². The number of amides is 1. The van der Waals surface area contributed by atoms with E-state index in [9.17, 15) is 9.90 Å². The number of benzene rings is 2. The van der Waals surface area contributed by atoms with Crippen LogP contribution in [0.3, 0.4) is 0 Å². The second-order valence-corrected chi connectivity index (χ2v) is 8.76. The van der Waals surface area contributed by atoms with Crippen LogP contribution in [0.2, 0.25) is 0 Å². The summed E-state index contributed by atoms with van der Waals surface area (Å²) < 4.78 is 5.43. The lowest BCUT2D eigenvalue weighted by atomic mass is 9.94. The van der Waals surface area contributed by atoms with Crippen LogP contribution in [0.25, 0.3) is 0 Å². The number of carbonyl (C=O) groups is 1. The molecular weight excluding hydrogens is 376 g/mol. The van der Waals surface area contributed by atoms with Crippen LogP contribution in [-0.4, -0.2) is 42.0 Å². The summed E-state index contributed by atoms with van der Waals surface area (Å²) in [7, 11) is 0. The predicted molar refractivity (Wildman–Crippen MR) is 122 cm³/mol. The van der Waals surface area contributed by atoms with E-state index >= 15 is 0 Å². The summed E-state index contributed by atoms with van der Waals surface area (Å²) in [5, 5.41) is 16.2. The van der Waals surface area contributed by atoms with E-state index in [2.05, 4.69) is 34.9 Å². The topological polar surface area (TPSA) is 70.6 Å². The van der Waals surface area contributed by atoms with Crippen LogP contribution in [0.4, 0.5) is 4.79 Å². The monoisotopic (exact) mass is 412 g/mol. The summed E-state index contributed by atoms with van der Waals surface area (Å²) in [6.07, 6.45) is 1.05. The van der Waals surface area contributed by atoms with E-state index in [1.807, 2.05) is 64.1 Å². The van der Waals surface area contributed by atoms with Crippen LogP contribution in [-0.2, 0) is 11.2 Å². The van der Waals surface area contributed by atoms with Crippen molar-refractivity contribution in [1.29, 1.82) is 0 Å². The van der Waals surface area contributed by atoms with Crippen molar-refractivity contribution in [2.24, 2.45) is 0 Å². The van der Waals surface area contributed by atoms with E-state index in [1.54, 1.807) is 0 Å². The highest BCUT2D eigenvalue weighted by molar-refractivity contribution is 5.68. The van der Waals surface area contributed by atoms with E-state index in [0.29, 0.717) is 13.0 Å². The van der Waals surface area contributed by atoms with Crippen LogP contribution in [0.15, 0.2) is 60.7 Å². The average Bonchev–Trinajstić information content (AvgIpc) is 2.70. The third kappa shape index (κ3) is 8.56. The molecule has 2 rings (SSSR count). The van der Waals surface area contributed by atoms with E-state index in [0.717, 1.165) is 6.42 Å². The molecule has 0 aliphatic rings. The van der Waals surface area contributed by atoms with Gasteiger partial charge in [0, 0.05) is 25.2 Å². The lowest BCUT2D eigenvalue weighted by Gasteiger charge is -2.29. The summed E-state index contributed by atoms with van der Waals surface area (Å²) in [5.74, 6) is 0.197. The Morgan fingerprint density at radius 3 is 2.20 bits per heavy atom. The molecular formula is C25H36N2O3. The molecule has 0 spiro atoms. The number of aliphatic hydroxyl groups excluding tert-OH is 1. The largest absolute Gasteiger partial charge is 0.444 e. The Labute approximate surface area is 180 Å². The maximum absolute atomic E-state index is 12.3. The van der Waals surface area contributed by atoms with Gasteiger partial charge in [-0.25, -0.2) is 4.79 Å². The first kappa shape index (κ1) is 23.9. The molecule has 0 radical (unpaired) electrons. The molecule has 0 saturated heterocycles. The van der Waals surface area contributed by atoms with Crippen molar-refractivity contribution in [2.45, 2.75) is 64.1 Å². The van der Waals surface area contributed by atoms with Crippen molar-refractivity contribution in [2.75, 3.05) is 13.2 Å². The van der Waals surface area contributed by atoms with Crippen LogP contribution in [0.1, 0.15) is 51.2 Å². The fourth-order valence-electron chi connectivity index (χ4n) is 3.45. The van der Waals surface area contributed by atoms with E-state index < -0.39 is 11.7 Å². The summed E-state index contributed by atoms with van der Waals surface area (Å²) in [6, 6.07) is 20.4. The number of hydrogen-bond acceptors (Lipinski definition) is 4. The average molecular weight is 413 g/mol. The minimum atomic E-state index is -0.536. The number of rotatable bonds is 10. The first-order valence-electron chi connectivity index (χ1n) is 10.7. The Kier molecular flexibility index (Phi) is 9.34. The minimum Gasteiger partial charge on any atom is -0.444 e. The maximum Gasteiger partial charge on any atom is 0.407 e. The molecule has 5 nitrogen and oxygen atoms in total. The first-order chi connectivity index (χ1) is 14.3. The minimum absolute atomic E-state index is 0.0184. The molecule has 0 unspecified atom stereocenters. The SMILES string of the molecule is C[C@H](NC(=O)OC(C)(C)C)[C@@H](Cc1ccccc1)NC[C@@H](CCO)c1ccccc1. The molecule has 5 heteroatoms. The fourth-order valence-corrected chi connectivity index (χ4v) is 3.45. The number of aliphatic hydroxyl groups is 1. The van der Waals surface area contributed by atoms with Crippen LogP contribution < -0.4 is 10.6 Å². The van der Waals surface area contributed by atoms with Gasteiger partial charge in [0.25, 0.3) is 0 Å². The van der Waals surface area contributed by atoms with Gasteiger partial charge < -0.3 is 20.5 Å². The number of nitrogens with one attached hydrogen (secondary N) is 2. The van der Waals surface area contributed by atoms with Gasteiger partial charge in [-0.1, -0.05) is 60.7 Å². The van der Waals surface area contributed by atoms with Crippen molar-refractivity contribution in [3.63, 3.8) is 0 Å². The zero-order valence-electron chi connectivity index (χ0n) is 18.6. The highest BCUT2D eigenvalue weighted by Crippen LogP contribution is 2.19. The van der Waals surface area contributed by atoms with Crippen LogP contribution >= 0.6 is 0 Å². The zero-order chi connectivity index (χ0) is 22.0. The van der Waals surface area contributed by atoms with E-state index in [4.69, 9.17) is 4.74 Å². The molecule has 30 heavy (non-hydrogen) atoms. The van der Waals surface area contributed by atoms with Gasteiger partial charge in [0.15, 0.2) is 0 Å². The summed E-state index contributed by atoms with van der Waals surface area (Å²) >= 11 is 0. The zero-order valence-corrected chi connectivity index (χ0v) is 18.6. The van der Waals surface area contributed by atoms with Crippen molar-refractivity contribution in [3.05, 3.63) is 71.8 Å². The van der Waals surface area contributed by atoms with Gasteiger partial charge in [-0.05, 0) is 57.6 Å². The van der Waals surface area contributed by atoms with Gasteiger partial charge in [-0.3, -0.25) is 0 Å². The van der Waals surface area contributed by atoms with Gasteiger partial charge in [0.05, 0.1) is 0 Å². The van der Waals surface area contributed by atoms with Gasteiger partial charge in [-0.2, -0.15) is 0 Å². The van der Waals surface area contributed by atoms with Gasteiger partial charge in [0.2, 0.25) is 0 Å². The molecule has 0 saturated carbocycles. The number of alkyl carbamates (subject to hydrolysis) is 1. The Morgan fingerprint density at radius 1 is 1.03 bits per heavy atom. The lowest BCUT2D eigenvalue weighted by molar-refractivity contribution is 0.0497. The molecule has 3 N–H and O–H groups in total. The first-order valence-corrected chi connectivity index (χ1v) is 10.7. The normalized spacial score (nSPS) is 14.6. The molecule has 0 aliphatic carbocycles. The highest BCUT2D eigenvalue weighted by Gasteiger charge is 2.24. The van der Waals surface area contributed by atoms with Crippen molar-refractivity contribution < 1.29 is 14.6 Å². The van der Waals surface area contributed by atoms with Crippen LogP contribution in [0, 0.1) is 0 Å². The third-order valence-corrected chi connectivity index (χ3v) is 5.02. The van der Waals surface area contributed by atoms with Crippen LogP contribution in [0.5, 0.6) is 0 Å². The number of ether oxygens (including phenoxy) is 1. The maximum atomic E-state index is 12.3. The van der Waals surface area contributed by atoms with Gasteiger partial charge in [-0.15, -0.1) is 0 Å².